The number of hydrogen-bond acceptors (Lipinski definition) is 4. The van der Waals surface area contributed by atoms with Crippen LogP contribution >= 0.6 is 27.3 Å². The van der Waals surface area contributed by atoms with Crippen molar-refractivity contribution in [3.05, 3.63) is 44.7 Å². The predicted molar refractivity (Wildman–Crippen MR) is 90.9 cm³/mol. The summed E-state index contributed by atoms with van der Waals surface area (Å²) in [6.07, 6.45) is 2.54. The highest BCUT2D eigenvalue weighted by atomic mass is 79.9. The second-order valence-electron chi connectivity index (χ2n) is 4.53. The van der Waals surface area contributed by atoms with E-state index in [1.54, 1.807) is 23.6 Å². The summed E-state index contributed by atoms with van der Waals surface area (Å²) in [4.78, 5) is 18.0. The summed E-state index contributed by atoms with van der Waals surface area (Å²) in [5.74, 6) is 0.499. The molecule has 4 nitrogen and oxygen atoms in total. The summed E-state index contributed by atoms with van der Waals surface area (Å²) in [5, 5.41) is 8.22. The molecule has 2 N–H and O–H groups in total. The fraction of sp³-hybridized carbons (Fsp3) is 0.333. The number of nitrogens with zero attached hydrogens (tertiary/aromatic N) is 1. The van der Waals surface area contributed by atoms with Gasteiger partial charge < -0.3 is 10.6 Å². The number of rotatable bonds is 6. The number of halogens is 1. The molecule has 1 atom stereocenters. The van der Waals surface area contributed by atoms with Gasteiger partial charge in [-0.15, -0.1) is 11.3 Å². The van der Waals surface area contributed by atoms with Gasteiger partial charge in [0.25, 0.3) is 5.91 Å². The molecule has 2 aromatic rings. The minimum Gasteiger partial charge on any atom is -0.370 e. The quantitative estimate of drug-likeness (QED) is 0.803. The Bertz CT molecular complexity index is 601. The highest BCUT2D eigenvalue weighted by Crippen LogP contribution is 2.24. The number of pyridine rings is 1. The van der Waals surface area contributed by atoms with Gasteiger partial charge in [0.1, 0.15) is 5.82 Å². The van der Waals surface area contributed by atoms with Crippen LogP contribution in [0.4, 0.5) is 5.82 Å². The predicted octanol–water partition coefficient (Wildman–Crippen LogP) is 4.22. The zero-order chi connectivity index (χ0) is 15.2. The maximum absolute atomic E-state index is 12.5. The maximum Gasteiger partial charge on any atom is 0.255 e. The van der Waals surface area contributed by atoms with Crippen molar-refractivity contribution in [1.29, 1.82) is 0 Å². The van der Waals surface area contributed by atoms with Crippen LogP contribution in [0.5, 0.6) is 0 Å². The number of anilines is 1. The lowest BCUT2D eigenvalue weighted by atomic mass is 10.1. The Morgan fingerprint density at radius 1 is 1.48 bits per heavy atom. The topological polar surface area (TPSA) is 54.0 Å². The Hall–Kier alpha value is -1.40. The molecule has 2 heterocycles. The smallest absolute Gasteiger partial charge is 0.255 e. The average Bonchev–Trinajstić information content (AvgIpc) is 3.00. The van der Waals surface area contributed by atoms with Gasteiger partial charge in [0.05, 0.1) is 11.6 Å². The van der Waals surface area contributed by atoms with E-state index in [0.717, 1.165) is 17.4 Å². The second-order valence-corrected chi connectivity index (χ2v) is 6.42. The van der Waals surface area contributed by atoms with Crippen molar-refractivity contribution in [2.75, 3.05) is 11.9 Å². The van der Waals surface area contributed by atoms with Crippen LogP contribution in [0.1, 0.15) is 41.5 Å². The first-order valence-electron chi connectivity index (χ1n) is 6.89. The molecule has 2 rings (SSSR count). The van der Waals surface area contributed by atoms with E-state index in [1.807, 2.05) is 24.4 Å². The largest absolute Gasteiger partial charge is 0.370 e. The lowest BCUT2D eigenvalue weighted by molar-refractivity contribution is 0.0936. The van der Waals surface area contributed by atoms with Crippen molar-refractivity contribution in [3.63, 3.8) is 0 Å². The van der Waals surface area contributed by atoms with Crippen molar-refractivity contribution < 1.29 is 4.79 Å². The third kappa shape index (κ3) is 4.04. The van der Waals surface area contributed by atoms with Gasteiger partial charge in [-0.3, -0.25) is 4.79 Å². The lowest BCUT2D eigenvalue weighted by Crippen LogP contribution is -2.28. The first-order valence-corrected chi connectivity index (χ1v) is 8.56. The first-order chi connectivity index (χ1) is 10.2. The van der Waals surface area contributed by atoms with E-state index in [4.69, 9.17) is 0 Å². The van der Waals surface area contributed by atoms with Crippen LogP contribution in [0.3, 0.4) is 0 Å². The summed E-state index contributed by atoms with van der Waals surface area (Å²) >= 11 is 5.02. The van der Waals surface area contributed by atoms with Crippen molar-refractivity contribution in [1.82, 2.24) is 10.3 Å². The molecule has 112 valence electrons. The summed E-state index contributed by atoms with van der Waals surface area (Å²) < 4.78 is 0.790. The minimum absolute atomic E-state index is 0.0333. The number of thiophene rings is 1. The fourth-order valence-electron chi connectivity index (χ4n) is 2.02. The molecule has 0 saturated carbocycles. The number of hydrogen-bond donors (Lipinski definition) is 2. The third-order valence-electron chi connectivity index (χ3n) is 3.04. The third-order valence-corrected chi connectivity index (χ3v) is 4.46. The maximum atomic E-state index is 12.5. The van der Waals surface area contributed by atoms with Gasteiger partial charge in [0.2, 0.25) is 0 Å². The highest BCUT2D eigenvalue weighted by Gasteiger charge is 2.18. The number of aromatic nitrogens is 1. The van der Waals surface area contributed by atoms with E-state index in [2.05, 4.69) is 38.5 Å². The number of carbonyl (C=O) groups excluding carboxylic acids is 1. The summed E-state index contributed by atoms with van der Waals surface area (Å²) in [6.45, 7) is 4.76. The molecule has 0 aliphatic heterocycles. The van der Waals surface area contributed by atoms with Crippen LogP contribution in [0.15, 0.2) is 34.2 Å². The monoisotopic (exact) mass is 367 g/mol. The van der Waals surface area contributed by atoms with Crippen LogP contribution in [0.2, 0.25) is 0 Å². The van der Waals surface area contributed by atoms with Crippen molar-refractivity contribution in [2.45, 2.75) is 26.3 Å². The Kier molecular flexibility index (Phi) is 5.76. The Morgan fingerprint density at radius 3 is 2.90 bits per heavy atom. The molecule has 6 heteroatoms. The Balaban J connectivity index is 2.21. The van der Waals surface area contributed by atoms with E-state index in [0.29, 0.717) is 11.4 Å². The van der Waals surface area contributed by atoms with Gasteiger partial charge in [-0.2, -0.15) is 0 Å². The molecule has 1 unspecified atom stereocenters. The average molecular weight is 368 g/mol. The SMILES string of the molecule is CCNc1ncc(Br)cc1C(=O)NC(CC)c1cccs1. The van der Waals surface area contributed by atoms with Gasteiger partial charge in [0.15, 0.2) is 0 Å². The van der Waals surface area contributed by atoms with E-state index in [-0.39, 0.29) is 11.9 Å². The molecular weight excluding hydrogens is 350 g/mol. The van der Waals surface area contributed by atoms with Crippen LogP contribution in [0.25, 0.3) is 0 Å². The molecule has 1 amide bonds. The first kappa shape index (κ1) is 16.0. The lowest BCUT2D eigenvalue weighted by Gasteiger charge is -2.17. The molecule has 0 saturated heterocycles. The standard InChI is InChI=1S/C15H18BrN3OS/c1-3-12(13-6-5-7-21-13)19-15(20)11-8-10(16)9-18-14(11)17-4-2/h5-9,12H,3-4H2,1-2H3,(H,17,18)(H,19,20). The molecular formula is C15H18BrN3OS. The van der Waals surface area contributed by atoms with Crippen LogP contribution < -0.4 is 10.6 Å². The van der Waals surface area contributed by atoms with E-state index >= 15 is 0 Å². The molecule has 0 aliphatic carbocycles. The number of nitrogens with one attached hydrogen (secondary N) is 2. The molecule has 0 bridgehead atoms. The summed E-state index contributed by atoms with van der Waals surface area (Å²) in [7, 11) is 0. The summed E-state index contributed by atoms with van der Waals surface area (Å²) in [6, 6.07) is 5.87. The molecule has 2 aromatic heterocycles. The zero-order valence-electron chi connectivity index (χ0n) is 12.0. The molecule has 0 spiro atoms. The van der Waals surface area contributed by atoms with Crippen LogP contribution in [0, 0.1) is 0 Å². The van der Waals surface area contributed by atoms with E-state index in [9.17, 15) is 4.79 Å². The van der Waals surface area contributed by atoms with Gasteiger partial charge >= 0.3 is 0 Å². The zero-order valence-corrected chi connectivity index (χ0v) is 14.4. The number of amides is 1. The van der Waals surface area contributed by atoms with Gasteiger partial charge in [-0.1, -0.05) is 13.0 Å². The summed E-state index contributed by atoms with van der Waals surface area (Å²) in [5.41, 5.74) is 0.557. The van der Waals surface area contributed by atoms with Crippen molar-refractivity contribution in [3.8, 4) is 0 Å². The van der Waals surface area contributed by atoms with Gasteiger partial charge in [0, 0.05) is 22.1 Å². The van der Waals surface area contributed by atoms with Gasteiger partial charge in [-0.05, 0) is 46.8 Å². The van der Waals surface area contributed by atoms with E-state index < -0.39 is 0 Å². The molecule has 0 aliphatic rings. The molecule has 0 aromatic carbocycles. The minimum atomic E-state index is -0.111. The van der Waals surface area contributed by atoms with E-state index in [1.165, 1.54) is 4.88 Å². The normalized spacial score (nSPS) is 12.0. The second kappa shape index (κ2) is 7.56. The molecule has 0 radical (unpaired) electrons. The van der Waals surface area contributed by atoms with Crippen LogP contribution in [-0.4, -0.2) is 17.4 Å². The highest BCUT2D eigenvalue weighted by molar-refractivity contribution is 9.10. The van der Waals surface area contributed by atoms with Crippen molar-refractivity contribution in [2.24, 2.45) is 0 Å². The number of carbonyl (C=O) groups is 1. The molecule has 0 fully saturated rings. The Morgan fingerprint density at radius 2 is 2.29 bits per heavy atom. The van der Waals surface area contributed by atoms with Crippen LogP contribution in [-0.2, 0) is 0 Å². The molecule has 21 heavy (non-hydrogen) atoms. The fourth-order valence-corrected chi connectivity index (χ4v) is 3.21. The van der Waals surface area contributed by atoms with Crippen molar-refractivity contribution >= 4 is 39.0 Å². The Labute approximate surface area is 137 Å². The van der Waals surface area contributed by atoms with Gasteiger partial charge in [-0.25, -0.2) is 4.98 Å².